The molecule has 1 amide bonds. The minimum absolute atomic E-state index is 0.0347. The minimum Gasteiger partial charge on any atom is -0.494 e. The van der Waals surface area contributed by atoms with E-state index in [0.29, 0.717) is 12.3 Å². The second kappa shape index (κ2) is 9.78. The number of hydrogen-bond acceptors (Lipinski definition) is 5. The van der Waals surface area contributed by atoms with Crippen LogP contribution in [-0.4, -0.2) is 34.6 Å². The molecule has 2 aromatic carbocycles. The van der Waals surface area contributed by atoms with Gasteiger partial charge in [0.05, 0.1) is 18.7 Å². The van der Waals surface area contributed by atoms with Gasteiger partial charge in [-0.1, -0.05) is 30.3 Å². The Morgan fingerprint density at radius 1 is 1.19 bits per heavy atom. The van der Waals surface area contributed by atoms with Crippen molar-refractivity contribution in [1.82, 2.24) is 10.3 Å². The van der Waals surface area contributed by atoms with Crippen molar-refractivity contribution < 1.29 is 19.4 Å². The number of carboxylic acid groups (broad SMARTS) is 1. The summed E-state index contributed by atoms with van der Waals surface area (Å²) in [7, 11) is 0. The summed E-state index contributed by atoms with van der Waals surface area (Å²) in [4.78, 5) is 28.9. The number of carbonyl (C=O) groups excluding carboxylic acids is 1. The molecule has 0 bridgehead atoms. The van der Waals surface area contributed by atoms with Gasteiger partial charge in [-0.3, -0.25) is 4.79 Å². The summed E-state index contributed by atoms with van der Waals surface area (Å²) in [5.41, 5.74) is 4.76. The molecule has 0 fully saturated rings. The number of carboxylic acids is 1. The van der Waals surface area contributed by atoms with Gasteiger partial charge >= 0.3 is 5.97 Å². The topological polar surface area (TPSA) is 88.5 Å². The van der Waals surface area contributed by atoms with E-state index < -0.39 is 12.0 Å². The van der Waals surface area contributed by atoms with Crippen LogP contribution < -0.4 is 10.1 Å². The molecule has 2 N–H and O–H groups in total. The average molecular weight is 449 g/mol. The Labute approximate surface area is 190 Å². The molecule has 0 saturated heterocycles. The number of aromatic nitrogens is 1. The van der Waals surface area contributed by atoms with E-state index in [0.717, 1.165) is 33.9 Å². The van der Waals surface area contributed by atoms with Crippen LogP contribution in [0.25, 0.3) is 16.1 Å². The van der Waals surface area contributed by atoms with Crippen LogP contribution in [-0.2, 0) is 22.4 Å². The second-order valence-corrected chi connectivity index (χ2v) is 8.39. The molecule has 6 nitrogen and oxygen atoms in total. The van der Waals surface area contributed by atoms with Crippen molar-refractivity contribution in [2.75, 3.05) is 6.61 Å². The summed E-state index contributed by atoms with van der Waals surface area (Å²) >= 11 is 1.45. The number of hydrogen-bond donors (Lipinski definition) is 2. The third-order valence-corrected chi connectivity index (χ3v) is 6.23. The maximum Gasteiger partial charge on any atom is 0.326 e. The van der Waals surface area contributed by atoms with Crippen molar-refractivity contribution >= 4 is 28.8 Å². The van der Waals surface area contributed by atoms with Gasteiger partial charge in [-0.05, 0) is 54.3 Å². The molecule has 4 rings (SSSR count). The third kappa shape index (κ3) is 5.06. The first-order valence-electron chi connectivity index (χ1n) is 10.5. The van der Waals surface area contributed by atoms with Crippen molar-refractivity contribution in [3.63, 3.8) is 0 Å². The lowest BCUT2D eigenvalue weighted by atomic mass is 9.99. The van der Waals surface area contributed by atoms with Gasteiger partial charge in [0.15, 0.2) is 0 Å². The van der Waals surface area contributed by atoms with Crippen molar-refractivity contribution in [2.24, 2.45) is 0 Å². The Kier molecular flexibility index (Phi) is 6.66. The quantitative estimate of drug-likeness (QED) is 0.508. The van der Waals surface area contributed by atoms with E-state index >= 15 is 0 Å². The molecule has 0 radical (unpaired) electrons. The van der Waals surface area contributed by atoms with E-state index in [1.165, 1.54) is 16.9 Å². The fraction of sp³-hybridized carbons (Fsp3) is 0.240. The summed E-state index contributed by atoms with van der Waals surface area (Å²) in [6.07, 6.45) is 3.12. The molecule has 0 spiro atoms. The monoisotopic (exact) mass is 448 g/mol. The molecule has 0 saturated carbocycles. The normalized spacial score (nSPS) is 13.2. The molecule has 1 aliphatic carbocycles. The van der Waals surface area contributed by atoms with Gasteiger partial charge in [0, 0.05) is 17.4 Å². The number of nitrogens with one attached hydrogen (secondary N) is 1. The first kappa shape index (κ1) is 21.8. The molecule has 1 aliphatic rings. The predicted molar refractivity (Wildman–Crippen MR) is 125 cm³/mol. The number of rotatable bonds is 9. The number of aliphatic carboxylic acids is 1. The standard InChI is InChI=1S/C25H24N2O4S/c1-2-31-20-11-9-17(10-12-20)24-26-19(15-32-24)14-23(28)27-22(25(29)30)13-18-8-7-16-5-3-4-6-21(16)18/h3-6,8-12,15,22H,2,7,13-14H2,1H3,(H,27,28)(H,29,30)/t22-/m1/s1. The first-order chi connectivity index (χ1) is 15.5. The van der Waals surface area contributed by atoms with Crippen molar-refractivity contribution in [3.8, 4) is 16.3 Å². The van der Waals surface area contributed by atoms with E-state index in [-0.39, 0.29) is 18.7 Å². The second-order valence-electron chi connectivity index (χ2n) is 7.53. The lowest BCUT2D eigenvalue weighted by Gasteiger charge is -2.16. The number of benzene rings is 2. The lowest BCUT2D eigenvalue weighted by Crippen LogP contribution is -2.41. The van der Waals surface area contributed by atoms with E-state index in [1.54, 1.807) is 0 Å². The number of ether oxygens (including phenoxy) is 1. The predicted octanol–water partition coefficient (Wildman–Crippen LogP) is 4.35. The number of carbonyl (C=O) groups is 2. The molecule has 7 heteroatoms. The summed E-state index contributed by atoms with van der Waals surface area (Å²) in [5, 5.41) is 14.9. The fourth-order valence-corrected chi connectivity index (χ4v) is 4.58. The average Bonchev–Trinajstić information content (AvgIpc) is 3.41. The molecule has 3 aromatic rings. The first-order valence-corrected chi connectivity index (χ1v) is 11.4. The maximum atomic E-state index is 12.6. The summed E-state index contributed by atoms with van der Waals surface area (Å²) < 4.78 is 5.46. The maximum absolute atomic E-state index is 12.6. The molecule has 0 unspecified atom stereocenters. The van der Waals surface area contributed by atoms with Crippen molar-refractivity contribution in [2.45, 2.75) is 32.2 Å². The van der Waals surface area contributed by atoms with Crippen molar-refractivity contribution in [3.05, 3.63) is 76.8 Å². The summed E-state index contributed by atoms with van der Waals surface area (Å²) in [6.45, 7) is 2.54. The van der Waals surface area contributed by atoms with E-state index in [9.17, 15) is 14.7 Å². The number of thiazole rings is 1. The van der Waals surface area contributed by atoms with Crippen LogP contribution >= 0.6 is 11.3 Å². The highest BCUT2D eigenvalue weighted by molar-refractivity contribution is 7.13. The molecular formula is C25H24N2O4S. The Morgan fingerprint density at radius 3 is 2.72 bits per heavy atom. The van der Waals surface area contributed by atoms with Crippen LogP contribution in [0.4, 0.5) is 0 Å². The SMILES string of the molecule is CCOc1ccc(-c2nc(CC(=O)N[C@H](CC3=CCc4ccccc43)C(=O)O)cs2)cc1. The number of fused-ring (bicyclic) bond motifs is 1. The number of allylic oxidation sites excluding steroid dienone is 1. The Hall–Kier alpha value is -3.45. The van der Waals surface area contributed by atoms with Gasteiger partial charge in [-0.15, -0.1) is 11.3 Å². The van der Waals surface area contributed by atoms with Gasteiger partial charge in [0.2, 0.25) is 5.91 Å². The van der Waals surface area contributed by atoms with E-state index in [1.807, 2.05) is 66.9 Å². The zero-order chi connectivity index (χ0) is 22.5. The fourth-order valence-electron chi connectivity index (χ4n) is 3.76. The highest BCUT2D eigenvalue weighted by atomic mass is 32.1. The third-order valence-electron chi connectivity index (χ3n) is 5.29. The molecule has 0 aliphatic heterocycles. The van der Waals surface area contributed by atoms with Crippen LogP contribution in [0.15, 0.2) is 60.0 Å². The zero-order valence-corrected chi connectivity index (χ0v) is 18.5. The largest absolute Gasteiger partial charge is 0.494 e. The van der Waals surface area contributed by atoms with Gasteiger partial charge in [-0.2, -0.15) is 0 Å². The van der Waals surface area contributed by atoms with Crippen LogP contribution in [0, 0.1) is 0 Å². The van der Waals surface area contributed by atoms with Crippen LogP contribution in [0.5, 0.6) is 5.75 Å². The highest BCUT2D eigenvalue weighted by Crippen LogP contribution is 2.30. The van der Waals surface area contributed by atoms with Crippen LogP contribution in [0.1, 0.15) is 30.2 Å². The van der Waals surface area contributed by atoms with Gasteiger partial charge in [-0.25, -0.2) is 9.78 Å². The van der Waals surface area contributed by atoms with Crippen LogP contribution in [0.3, 0.4) is 0 Å². The lowest BCUT2D eigenvalue weighted by molar-refractivity contribution is -0.141. The van der Waals surface area contributed by atoms with Gasteiger partial charge < -0.3 is 15.2 Å². The Balaban J connectivity index is 1.37. The van der Waals surface area contributed by atoms with Crippen LogP contribution in [0.2, 0.25) is 0 Å². The van der Waals surface area contributed by atoms with Crippen molar-refractivity contribution in [1.29, 1.82) is 0 Å². The zero-order valence-electron chi connectivity index (χ0n) is 17.7. The molecule has 1 atom stereocenters. The van der Waals surface area contributed by atoms with Gasteiger partial charge in [0.25, 0.3) is 0 Å². The molecule has 164 valence electrons. The molecule has 32 heavy (non-hydrogen) atoms. The Morgan fingerprint density at radius 2 is 1.97 bits per heavy atom. The van der Waals surface area contributed by atoms with E-state index in [4.69, 9.17) is 4.74 Å². The minimum atomic E-state index is -1.04. The summed E-state index contributed by atoms with van der Waals surface area (Å²) in [6, 6.07) is 14.6. The number of amides is 1. The number of nitrogens with zero attached hydrogens (tertiary/aromatic N) is 1. The summed E-state index contributed by atoms with van der Waals surface area (Å²) in [5.74, 6) is -0.600. The molecule has 1 heterocycles. The van der Waals surface area contributed by atoms with E-state index in [2.05, 4.69) is 10.3 Å². The smallest absolute Gasteiger partial charge is 0.326 e. The Bertz CT molecular complexity index is 1150. The molecule has 1 aromatic heterocycles. The highest BCUT2D eigenvalue weighted by Gasteiger charge is 2.25. The molecular weight excluding hydrogens is 424 g/mol. The van der Waals surface area contributed by atoms with Gasteiger partial charge in [0.1, 0.15) is 16.8 Å².